The molecule has 1 aliphatic heterocycles. The number of rotatable bonds is 3. The summed E-state index contributed by atoms with van der Waals surface area (Å²) in [6, 6.07) is -1.18. The predicted octanol–water partition coefficient (Wildman–Crippen LogP) is -1.15. The zero-order chi connectivity index (χ0) is 10.2. The fourth-order valence-electron chi connectivity index (χ4n) is 1.08. The quantitative estimate of drug-likeness (QED) is 0.316. The van der Waals surface area contributed by atoms with Gasteiger partial charge in [-0.15, -0.1) is 0 Å². The Balaban J connectivity index is 2.75. The SMILES string of the molecule is O=[N+]([O-])C1C[N+]([N+](=O)[O-])([N+](=O)[O-])C1. The van der Waals surface area contributed by atoms with Crippen molar-refractivity contribution in [2.45, 2.75) is 6.04 Å². The van der Waals surface area contributed by atoms with Gasteiger partial charge >= 0.3 is 16.1 Å². The lowest BCUT2D eigenvalue weighted by Gasteiger charge is -2.24. The molecule has 0 aromatic rings. The van der Waals surface area contributed by atoms with E-state index in [0.717, 1.165) is 0 Å². The van der Waals surface area contributed by atoms with Crippen molar-refractivity contribution in [1.29, 1.82) is 0 Å². The van der Waals surface area contributed by atoms with Crippen molar-refractivity contribution in [3.8, 4) is 0 Å². The molecule has 0 atom stereocenters. The van der Waals surface area contributed by atoms with E-state index in [4.69, 9.17) is 0 Å². The van der Waals surface area contributed by atoms with Gasteiger partial charge in [-0.1, -0.05) is 0 Å². The van der Waals surface area contributed by atoms with Crippen LogP contribution in [0.4, 0.5) is 0 Å². The molecule has 0 saturated carbocycles. The molecule has 1 rings (SSSR count). The number of hydrogen-bond donors (Lipinski definition) is 0. The zero-order valence-corrected chi connectivity index (χ0v) is 6.23. The first-order valence-corrected chi connectivity index (χ1v) is 3.20. The number of hydrogen-bond acceptors (Lipinski definition) is 6. The molecule has 0 amide bonds. The molecule has 0 aliphatic carbocycles. The summed E-state index contributed by atoms with van der Waals surface area (Å²) in [6.45, 7) is -1.38. The van der Waals surface area contributed by atoms with Gasteiger partial charge in [-0.05, 0) is 0 Å². The highest BCUT2D eigenvalue weighted by Gasteiger charge is 2.72. The van der Waals surface area contributed by atoms with Crippen molar-refractivity contribution in [1.82, 2.24) is 0 Å². The topological polar surface area (TPSA) is 129 Å². The Labute approximate surface area is 70.3 Å². The smallest absolute Gasteiger partial charge is 0.264 e. The summed E-state index contributed by atoms with van der Waals surface area (Å²) in [5.41, 5.74) is 0. The lowest BCUT2D eigenvalue weighted by molar-refractivity contribution is -1.57. The molecule has 0 spiro atoms. The molecule has 0 unspecified atom stereocenters. The number of nitrogens with zero attached hydrogens (tertiary/aromatic N) is 4. The highest BCUT2D eigenvalue weighted by Crippen LogP contribution is 2.22. The van der Waals surface area contributed by atoms with E-state index in [0.29, 0.717) is 0 Å². The summed E-state index contributed by atoms with van der Waals surface area (Å²) in [7, 11) is 0. The van der Waals surface area contributed by atoms with Crippen LogP contribution in [0.2, 0.25) is 0 Å². The van der Waals surface area contributed by atoms with Crippen LogP contribution in [0.5, 0.6) is 0 Å². The largest absolute Gasteiger partial charge is 0.332 e. The molecule has 72 valence electrons. The molecular weight excluding hydrogens is 188 g/mol. The van der Waals surface area contributed by atoms with Crippen molar-refractivity contribution in [2.75, 3.05) is 13.1 Å². The summed E-state index contributed by atoms with van der Waals surface area (Å²) in [5.74, 6) is 0. The van der Waals surface area contributed by atoms with E-state index < -0.39 is 38.8 Å². The van der Waals surface area contributed by atoms with E-state index in [9.17, 15) is 30.3 Å². The molecule has 1 fully saturated rings. The molecule has 1 saturated heterocycles. The molecule has 10 nitrogen and oxygen atoms in total. The Morgan fingerprint density at radius 1 is 1.00 bits per heavy atom. The Bertz CT molecular complexity index is 266. The average Bonchev–Trinajstić information content (AvgIpc) is 1.80. The fourth-order valence-corrected chi connectivity index (χ4v) is 1.08. The first-order valence-electron chi connectivity index (χ1n) is 3.20. The van der Waals surface area contributed by atoms with Gasteiger partial charge in [0.1, 0.15) is 0 Å². The van der Waals surface area contributed by atoms with Crippen LogP contribution in [0.25, 0.3) is 0 Å². The zero-order valence-electron chi connectivity index (χ0n) is 6.23. The van der Waals surface area contributed by atoms with Crippen molar-refractivity contribution >= 4 is 0 Å². The van der Waals surface area contributed by atoms with Crippen LogP contribution in [-0.2, 0) is 0 Å². The van der Waals surface area contributed by atoms with Crippen LogP contribution in [0, 0.1) is 30.3 Å². The summed E-state index contributed by atoms with van der Waals surface area (Å²) in [4.78, 5) is 29.8. The van der Waals surface area contributed by atoms with E-state index in [1.165, 1.54) is 0 Å². The fraction of sp³-hybridized carbons (Fsp3) is 1.00. The molecule has 0 N–H and O–H groups in total. The molecule has 0 bridgehead atoms. The Kier molecular flexibility index (Phi) is 1.84. The molecule has 0 radical (unpaired) electrons. The molecule has 0 aromatic heterocycles. The van der Waals surface area contributed by atoms with Crippen LogP contribution in [0.1, 0.15) is 0 Å². The van der Waals surface area contributed by atoms with Crippen LogP contribution < -0.4 is 0 Å². The second-order valence-electron chi connectivity index (χ2n) is 2.66. The molecule has 1 aliphatic rings. The predicted molar refractivity (Wildman–Crippen MR) is 34.8 cm³/mol. The Morgan fingerprint density at radius 3 is 1.62 bits per heavy atom. The number of nitro groups is 3. The van der Waals surface area contributed by atoms with Crippen LogP contribution in [0.3, 0.4) is 0 Å². The third kappa shape index (κ3) is 1.16. The molecular formula is C3H5N4O6+. The minimum absolute atomic E-state index is 0.688. The average molecular weight is 193 g/mol. The second-order valence-corrected chi connectivity index (χ2v) is 2.66. The van der Waals surface area contributed by atoms with Gasteiger partial charge in [-0.3, -0.25) is 10.1 Å². The minimum Gasteiger partial charge on any atom is -0.264 e. The van der Waals surface area contributed by atoms with E-state index in [1.807, 2.05) is 0 Å². The normalized spacial score (nSPS) is 20.3. The molecule has 10 heteroatoms. The first kappa shape index (κ1) is 9.25. The maximum Gasteiger partial charge on any atom is 0.332 e. The minimum atomic E-state index is -1.65. The lowest BCUT2D eigenvalue weighted by Crippen LogP contribution is -2.73. The second kappa shape index (κ2) is 2.58. The third-order valence-electron chi connectivity index (χ3n) is 1.91. The van der Waals surface area contributed by atoms with Gasteiger partial charge in [0.2, 0.25) is 4.70 Å². The summed E-state index contributed by atoms with van der Waals surface area (Å²) >= 11 is 0. The highest BCUT2D eigenvalue weighted by atomic mass is 16.8. The van der Waals surface area contributed by atoms with Crippen LogP contribution in [0.15, 0.2) is 0 Å². The summed E-state index contributed by atoms with van der Waals surface area (Å²) in [6.07, 6.45) is 0. The summed E-state index contributed by atoms with van der Waals surface area (Å²) < 4.78 is -1.65. The summed E-state index contributed by atoms with van der Waals surface area (Å²) in [5, 5.41) is 28.3. The van der Waals surface area contributed by atoms with E-state index >= 15 is 0 Å². The van der Waals surface area contributed by atoms with Crippen LogP contribution in [-0.4, -0.2) is 38.8 Å². The maximum atomic E-state index is 10.2. The van der Waals surface area contributed by atoms with Gasteiger partial charge in [0.05, 0.1) is 0 Å². The maximum absolute atomic E-state index is 10.2. The van der Waals surface area contributed by atoms with Crippen LogP contribution >= 0.6 is 0 Å². The van der Waals surface area contributed by atoms with Gasteiger partial charge in [-0.25, -0.2) is 20.2 Å². The van der Waals surface area contributed by atoms with Gasteiger partial charge in [-0.2, -0.15) is 0 Å². The standard InChI is InChI=1S/C3H5N4O6/c8-4(9)3-1-7(2-3,5(10)11)6(12)13/h3H,1-2H2/q+1. The highest BCUT2D eigenvalue weighted by molar-refractivity contribution is 4.60. The van der Waals surface area contributed by atoms with E-state index in [1.54, 1.807) is 0 Å². The Hall–Kier alpha value is -1.84. The van der Waals surface area contributed by atoms with Gasteiger partial charge in [0.15, 0.2) is 0 Å². The van der Waals surface area contributed by atoms with Crippen molar-refractivity contribution in [2.24, 2.45) is 0 Å². The van der Waals surface area contributed by atoms with Gasteiger partial charge in [0.25, 0.3) is 13.1 Å². The van der Waals surface area contributed by atoms with E-state index in [-0.39, 0.29) is 0 Å². The molecule has 1 heterocycles. The first-order chi connectivity index (χ1) is 5.90. The van der Waals surface area contributed by atoms with Crippen molar-refractivity contribution < 1.29 is 19.7 Å². The lowest BCUT2D eigenvalue weighted by atomic mass is 10.1. The Morgan fingerprint density at radius 2 is 1.38 bits per heavy atom. The molecule has 13 heavy (non-hydrogen) atoms. The number of quaternary nitrogens is 1. The van der Waals surface area contributed by atoms with Gasteiger partial charge < -0.3 is 0 Å². The van der Waals surface area contributed by atoms with Crippen molar-refractivity contribution in [3.05, 3.63) is 30.3 Å². The monoisotopic (exact) mass is 193 g/mol. The van der Waals surface area contributed by atoms with E-state index in [2.05, 4.69) is 0 Å². The van der Waals surface area contributed by atoms with Gasteiger partial charge in [0, 0.05) is 4.92 Å². The van der Waals surface area contributed by atoms with Crippen molar-refractivity contribution in [3.63, 3.8) is 0 Å². The molecule has 0 aromatic carbocycles. The third-order valence-corrected chi connectivity index (χ3v) is 1.91.